The van der Waals surface area contributed by atoms with Gasteiger partial charge in [-0.05, 0) is 13.8 Å². The summed E-state index contributed by atoms with van der Waals surface area (Å²) in [5, 5.41) is 0. The van der Waals surface area contributed by atoms with E-state index in [4.69, 9.17) is 14.0 Å². The van der Waals surface area contributed by atoms with Crippen LogP contribution in [0, 0.1) is 0 Å². The average Bonchev–Trinajstić information content (AvgIpc) is 1.87. The highest BCUT2D eigenvalue weighted by molar-refractivity contribution is 7.09. The van der Waals surface area contributed by atoms with E-state index in [9.17, 15) is 0 Å². The van der Waals surface area contributed by atoms with Crippen LogP contribution in [-0.4, -0.2) is 19.7 Å². The number of hydrogen-bond donors (Lipinski definition) is 0. The summed E-state index contributed by atoms with van der Waals surface area (Å²) in [6.45, 7) is 3.60. The van der Waals surface area contributed by atoms with Crippen molar-refractivity contribution in [2.45, 2.75) is 26.4 Å². The Hall–Kier alpha value is 0.310. The van der Waals surface area contributed by atoms with Crippen molar-refractivity contribution in [1.82, 2.24) is 0 Å². The SMILES string of the molecule is COC(C)OC(C)OP. The molecule has 3 nitrogen and oxygen atoms in total. The van der Waals surface area contributed by atoms with Crippen molar-refractivity contribution in [3.8, 4) is 0 Å². The summed E-state index contributed by atoms with van der Waals surface area (Å²) >= 11 is 0. The molecule has 0 N–H and O–H groups in total. The zero-order chi connectivity index (χ0) is 7.28. The van der Waals surface area contributed by atoms with Crippen LogP contribution >= 0.6 is 9.47 Å². The summed E-state index contributed by atoms with van der Waals surface area (Å²) in [5.74, 6) is 0. The van der Waals surface area contributed by atoms with Crippen LogP contribution < -0.4 is 0 Å². The first-order valence-corrected chi connectivity index (χ1v) is 3.21. The van der Waals surface area contributed by atoms with E-state index in [-0.39, 0.29) is 12.6 Å². The minimum absolute atomic E-state index is 0.208. The molecule has 0 aromatic rings. The molecule has 0 fully saturated rings. The molecule has 0 radical (unpaired) electrons. The number of rotatable bonds is 4. The summed E-state index contributed by atoms with van der Waals surface area (Å²) in [5.41, 5.74) is 0. The maximum atomic E-state index is 5.08. The molecule has 4 heteroatoms. The van der Waals surface area contributed by atoms with Gasteiger partial charge in [0, 0.05) is 16.6 Å². The molecule has 3 atom stereocenters. The molecule has 0 aromatic heterocycles. The molecule has 0 saturated carbocycles. The molecular formula is C5H13O3P. The van der Waals surface area contributed by atoms with Crippen molar-refractivity contribution >= 4 is 9.47 Å². The molecule has 0 spiro atoms. The van der Waals surface area contributed by atoms with Crippen LogP contribution in [0.5, 0.6) is 0 Å². The highest BCUT2D eigenvalue weighted by Gasteiger charge is 2.03. The molecule has 0 aliphatic rings. The third kappa shape index (κ3) is 4.79. The zero-order valence-electron chi connectivity index (χ0n) is 5.96. The van der Waals surface area contributed by atoms with Crippen LogP contribution in [-0.2, 0) is 14.0 Å². The summed E-state index contributed by atoms with van der Waals surface area (Å²) in [7, 11) is 3.71. The van der Waals surface area contributed by atoms with Gasteiger partial charge in [-0.1, -0.05) is 0 Å². The lowest BCUT2D eigenvalue weighted by Gasteiger charge is -2.15. The molecule has 0 amide bonds. The van der Waals surface area contributed by atoms with E-state index in [0.717, 1.165) is 0 Å². The fourth-order valence-corrected chi connectivity index (χ4v) is 0.422. The lowest BCUT2D eigenvalue weighted by Crippen LogP contribution is -2.18. The van der Waals surface area contributed by atoms with Crippen LogP contribution in [0.3, 0.4) is 0 Å². The predicted molar refractivity (Wildman–Crippen MR) is 37.8 cm³/mol. The molecule has 0 saturated heterocycles. The highest BCUT2D eigenvalue weighted by atomic mass is 31.0. The van der Waals surface area contributed by atoms with Crippen LogP contribution in [0.4, 0.5) is 0 Å². The summed E-state index contributed by atoms with van der Waals surface area (Å²) in [6.07, 6.45) is -0.439. The van der Waals surface area contributed by atoms with E-state index in [1.54, 1.807) is 21.0 Å². The van der Waals surface area contributed by atoms with Gasteiger partial charge in [-0.25, -0.2) is 0 Å². The molecule has 0 aliphatic heterocycles. The van der Waals surface area contributed by atoms with E-state index in [0.29, 0.717) is 0 Å². The monoisotopic (exact) mass is 152 g/mol. The van der Waals surface area contributed by atoms with Gasteiger partial charge in [-0.2, -0.15) is 0 Å². The van der Waals surface area contributed by atoms with Crippen LogP contribution in [0.15, 0.2) is 0 Å². The van der Waals surface area contributed by atoms with Gasteiger partial charge in [-0.15, -0.1) is 0 Å². The van der Waals surface area contributed by atoms with Crippen molar-refractivity contribution in [2.24, 2.45) is 0 Å². The third-order valence-corrected chi connectivity index (χ3v) is 1.29. The lowest BCUT2D eigenvalue weighted by molar-refractivity contribution is -0.189. The molecule has 0 bridgehead atoms. The quantitative estimate of drug-likeness (QED) is 0.446. The van der Waals surface area contributed by atoms with Crippen LogP contribution in [0.1, 0.15) is 13.8 Å². The second-order valence-corrected chi connectivity index (χ2v) is 1.92. The van der Waals surface area contributed by atoms with Gasteiger partial charge >= 0.3 is 0 Å². The van der Waals surface area contributed by atoms with Crippen molar-refractivity contribution in [1.29, 1.82) is 0 Å². The van der Waals surface area contributed by atoms with Gasteiger partial charge in [0.1, 0.15) is 0 Å². The minimum atomic E-state index is -0.232. The van der Waals surface area contributed by atoms with Gasteiger partial charge in [0.15, 0.2) is 12.6 Å². The van der Waals surface area contributed by atoms with E-state index >= 15 is 0 Å². The first-order valence-electron chi connectivity index (χ1n) is 2.74. The Morgan fingerprint density at radius 1 is 1.22 bits per heavy atom. The Morgan fingerprint density at radius 2 is 1.78 bits per heavy atom. The van der Waals surface area contributed by atoms with Gasteiger partial charge in [0.25, 0.3) is 0 Å². The van der Waals surface area contributed by atoms with Gasteiger partial charge < -0.3 is 14.0 Å². The van der Waals surface area contributed by atoms with Crippen molar-refractivity contribution in [3.63, 3.8) is 0 Å². The first kappa shape index (κ1) is 9.31. The van der Waals surface area contributed by atoms with Gasteiger partial charge in [0.2, 0.25) is 0 Å². The third-order valence-electron chi connectivity index (χ3n) is 0.907. The lowest BCUT2D eigenvalue weighted by atomic mass is 10.7. The normalized spacial score (nSPS) is 17.3. The molecular weight excluding hydrogens is 139 g/mol. The van der Waals surface area contributed by atoms with Crippen molar-refractivity contribution < 1.29 is 14.0 Å². The standard InChI is InChI=1S/C5H13O3P/c1-4(6-3)7-5(2)8-9/h4-5H,9H2,1-3H3. The van der Waals surface area contributed by atoms with Gasteiger partial charge in [0.05, 0.1) is 0 Å². The predicted octanol–water partition coefficient (Wildman–Crippen LogP) is 1.15. The van der Waals surface area contributed by atoms with Crippen LogP contribution in [0.2, 0.25) is 0 Å². The van der Waals surface area contributed by atoms with Gasteiger partial charge in [-0.3, -0.25) is 0 Å². The maximum Gasteiger partial charge on any atom is 0.161 e. The van der Waals surface area contributed by atoms with Crippen LogP contribution in [0.25, 0.3) is 0 Å². The molecule has 0 aliphatic carbocycles. The highest BCUT2D eigenvalue weighted by Crippen LogP contribution is 2.02. The Morgan fingerprint density at radius 3 is 2.11 bits per heavy atom. The largest absolute Gasteiger partial charge is 0.356 e. The van der Waals surface area contributed by atoms with Crippen molar-refractivity contribution in [3.05, 3.63) is 0 Å². The Kier molecular flexibility index (Phi) is 5.30. The zero-order valence-corrected chi connectivity index (χ0v) is 7.11. The fourth-order valence-electron chi connectivity index (χ4n) is 0.358. The summed E-state index contributed by atoms with van der Waals surface area (Å²) in [4.78, 5) is 0. The minimum Gasteiger partial charge on any atom is -0.356 e. The molecule has 9 heavy (non-hydrogen) atoms. The van der Waals surface area contributed by atoms with E-state index in [2.05, 4.69) is 9.47 Å². The van der Waals surface area contributed by atoms with E-state index in [1.807, 2.05) is 0 Å². The van der Waals surface area contributed by atoms with E-state index in [1.165, 1.54) is 0 Å². The molecule has 56 valence electrons. The average molecular weight is 152 g/mol. The first-order chi connectivity index (χ1) is 4.20. The summed E-state index contributed by atoms with van der Waals surface area (Å²) in [6, 6.07) is 0. The topological polar surface area (TPSA) is 27.7 Å². The molecule has 0 heterocycles. The number of ether oxygens (including phenoxy) is 2. The smallest absolute Gasteiger partial charge is 0.161 e. The van der Waals surface area contributed by atoms with E-state index < -0.39 is 0 Å². The second kappa shape index (κ2) is 5.12. The Balaban J connectivity index is 3.22. The molecule has 3 unspecified atom stereocenters. The maximum absolute atomic E-state index is 5.08. The Labute approximate surface area is 58.0 Å². The number of methoxy groups -OCH3 is 1. The Bertz CT molecular complexity index is 61.2. The van der Waals surface area contributed by atoms with Crippen molar-refractivity contribution in [2.75, 3.05) is 7.11 Å². The molecule has 0 rings (SSSR count). The number of hydrogen-bond acceptors (Lipinski definition) is 3. The second-order valence-electron chi connectivity index (χ2n) is 1.64. The summed E-state index contributed by atoms with van der Waals surface area (Å²) < 4.78 is 14.6. The fraction of sp³-hybridized carbons (Fsp3) is 1.00. The molecule has 0 aromatic carbocycles.